The second-order valence-corrected chi connectivity index (χ2v) is 8.05. The fourth-order valence-corrected chi connectivity index (χ4v) is 4.56. The van der Waals surface area contributed by atoms with Crippen LogP contribution in [0.5, 0.6) is 0 Å². The van der Waals surface area contributed by atoms with Crippen LogP contribution in [0.1, 0.15) is 36.3 Å². The zero-order valence-electron chi connectivity index (χ0n) is 16.2. The standard InChI is InChI=1S/C23H29N3O2/c27-16-21-23(19-9-2-1-3-10-19)20(15-25-13-17-6-4-7-17)26(21)22(28)12-18-8-5-11-24-14-18/h1-3,5,8-11,14,17,20-21,23,25,27H,4,6-7,12-13,15-16H2/t20-,21-,23+/m0/s1. The molecule has 5 nitrogen and oxygen atoms in total. The van der Waals surface area contributed by atoms with Gasteiger partial charge in [-0.15, -0.1) is 0 Å². The molecular formula is C23H29N3O2. The summed E-state index contributed by atoms with van der Waals surface area (Å²) >= 11 is 0. The highest BCUT2D eigenvalue weighted by Gasteiger charge is 2.50. The Morgan fingerprint density at radius 1 is 1.11 bits per heavy atom. The number of nitrogens with zero attached hydrogens (tertiary/aromatic N) is 2. The van der Waals surface area contributed by atoms with Gasteiger partial charge in [-0.25, -0.2) is 0 Å². The molecule has 1 aromatic heterocycles. The molecule has 0 bridgehead atoms. The van der Waals surface area contributed by atoms with Gasteiger partial charge in [-0.3, -0.25) is 9.78 Å². The van der Waals surface area contributed by atoms with E-state index >= 15 is 0 Å². The van der Waals surface area contributed by atoms with Gasteiger partial charge >= 0.3 is 0 Å². The van der Waals surface area contributed by atoms with Gasteiger partial charge in [0.2, 0.25) is 5.91 Å². The molecule has 5 heteroatoms. The maximum atomic E-state index is 13.1. The van der Waals surface area contributed by atoms with Crippen molar-refractivity contribution in [3.63, 3.8) is 0 Å². The minimum absolute atomic E-state index is 0.0164. The van der Waals surface area contributed by atoms with Crippen molar-refractivity contribution in [2.24, 2.45) is 5.92 Å². The van der Waals surface area contributed by atoms with Crippen LogP contribution in [-0.4, -0.2) is 52.7 Å². The quantitative estimate of drug-likeness (QED) is 0.739. The van der Waals surface area contributed by atoms with Crippen molar-refractivity contribution in [1.29, 1.82) is 0 Å². The zero-order valence-corrected chi connectivity index (χ0v) is 16.2. The van der Waals surface area contributed by atoms with Crippen LogP contribution in [0, 0.1) is 5.92 Å². The molecule has 3 atom stereocenters. The second kappa shape index (κ2) is 8.84. The number of pyridine rings is 1. The third-order valence-electron chi connectivity index (χ3n) is 6.29. The van der Waals surface area contributed by atoms with E-state index in [1.807, 2.05) is 35.2 Å². The number of rotatable bonds is 8. The molecule has 1 aliphatic carbocycles. The van der Waals surface area contributed by atoms with Gasteiger partial charge in [0.05, 0.1) is 25.1 Å². The molecule has 2 aromatic rings. The molecule has 4 rings (SSSR count). The van der Waals surface area contributed by atoms with Crippen molar-refractivity contribution in [2.45, 2.75) is 43.7 Å². The number of benzene rings is 1. The smallest absolute Gasteiger partial charge is 0.227 e. The van der Waals surface area contributed by atoms with Crippen LogP contribution in [0.25, 0.3) is 0 Å². The number of aromatic nitrogens is 1. The molecular weight excluding hydrogens is 350 g/mol. The molecule has 1 aromatic carbocycles. The van der Waals surface area contributed by atoms with Crippen LogP contribution in [0.4, 0.5) is 0 Å². The average Bonchev–Trinajstić information content (AvgIpc) is 2.67. The summed E-state index contributed by atoms with van der Waals surface area (Å²) in [4.78, 5) is 19.1. The van der Waals surface area contributed by atoms with Gasteiger partial charge in [-0.2, -0.15) is 0 Å². The molecule has 1 aliphatic heterocycles. The molecule has 1 saturated heterocycles. The minimum atomic E-state index is -0.165. The lowest BCUT2D eigenvalue weighted by atomic mass is 9.74. The third-order valence-corrected chi connectivity index (χ3v) is 6.29. The number of carbonyl (C=O) groups excluding carboxylic acids is 1. The van der Waals surface area contributed by atoms with Crippen LogP contribution in [0.15, 0.2) is 54.9 Å². The lowest BCUT2D eigenvalue weighted by Gasteiger charge is -2.55. The van der Waals surface area contributed by atoms with Crippen molar-refractivity contribution in [3.8, 4) is 0 Å². The van der Waals surface area contributed by atoms with Gasteiger partial charge in [0, 0.05) is 24.9 Å². The Balaban J connectivity index is 1.49. The summed E-state index contributed by atoms with van der Waals surface area (Å²) in [5.41, 5.74) is 2.11. The van der Waals surface area contributed by atoms with Crippen LogP contribution in [0.2, 0.25) is 0 Å². The highest BCUT2D eigenvalue weighted by atomic mass is 16.3. The van der Waals surface area contributed by atoms with Gasteiger partial charge < -0.3 is 15.3 Å². The number of amides is 1. The number of nitrogens with one attached hydrogen (secondary N) is 1. The summed E-state index contributed by atoms with van der Waals surface area (Å²) < 4.78 is 0. The van der Waals surface area contributed by atoms with Gasteiger partial charge in [0.15, 0.2) is 0 Å². The van der Waals surface area contributed by atoms with Gasteiger partial charge in [-0.05, 0) is 42.5 Å². The largest absolute Gasteiger partial charge is 0.394 e. The molecule has 2 N–H and O–H groups in total. The summed E-state index contributed by atoms with van der Waals surface area (Å²) in [5.74, 6) is 1.01. The fraction of sp³-hybridized carbons (Fsp3) is 0.478. The number of hydrogen-bond donors (Lipinski definition) is 2. The number of aliphatic hydroxyl groups excluding tert-OH is 1. The van der Waals surface area contributed by atoms with Crippen molar-refractivity contribution < 1.29 is 9.90 Å². The summed E-state index contributed by atoms with van der Waals surface area (Å²) in [6, 6.07) is 14.0. The highest BCUT2D eigenvalue weighted by molar-refractivity contribution is 5.81. The first-order chi connectivity index (χ1) is 13.8. The van der Waals surface area contributed by atoms with Crippen LogP contribution >= 0.6 is 0 Å². The summed E-state index contributed by atoms with van der Waals surface area (Å²) in [6.45, 7) is 1.77. The number of carbonyl (C=O) groups is 1. The Kier molecular flexibility index (Phi) is 6.03. The Labute approximate surface area is 166 Å². The van der Waals surface area contributed by atoms with E-state index in [0.717, 1.165) is 24.6 Å². The van der Waals surface area contributed by atoms with E-state index in [4.69, 9.17) is 0 Å². The van der Waals surface area contributed by atoms with E-state index in [2.05, 4.69) is 22.4 Å². The van der Waals surface area contributed by atoms with Gasteiger partial charge in [-0.1, -0.05) is 42.8 Å². The van der Waals surface area contributed by atoms with E-state index < -0.39 is 0 Å². The SMILES string of the molecule is O=C(Cc1cccnc1)N1[C@@H](CO)[C@H](c2ccccc2)[C@@H]1CNCC1CCC1. The fourth-order valence-electron chi connectivity index (χ4n) is 4.56. The van der Waals surface area contributed by atoms with Gasteiger partial charge in [0.1, 0.15) is 0 Å². The van der Waals surface area contributed by atoms with E-state index in [9.17, 15) is 9.90 Å². The van der Waals surface area contributed by atoms with E-state index in [0.29, 0.717) is 6.42 Å². The van der Waals surface area contributed by atoms with E-state index in [1.165, 1.54) is 24.8 Å². The summed E-state index contributed by atoms with van der Waals surface area (Å²) in [5, 5.41) is 13.6. The normalized spacial score (nSPS) is 24.5. The zero-order chi connectivity index (χ0) is 19.3. The van der Waals surface area contributed by atoms with Crippen LogP contribution < -0.4 is 5.32 Å². The average molecular weight is 380 g/mol. The van der Waals surface area contributed by atoms with Gasteiger partial charge in [0.25, 0.3) is 0 Å². The Morgan fingerprint density at radius 3 is 2.57 bits per heavy atom. The van der Waals surface area contributed by atoms with Crippen molar-refractivity contribution in [2.75, 3.05) is 19.7 Å². The molecule has 0 spiro atoms. The monoisotopic (exact) mass is 379 g/mol. The Morgan fingerprint density at radius 2 is 1.93 bits per heavy atom. The molecule has 2 aliphatic rings. The topological polar surface area (TPSA) is 65.5 Å². The summed E-state index contributed by atoms with van der Waals surface area (Å²) in [7, 11) is 0. The predicted molar refractivity (Wildman–Crippen MR) is 109 cm³/mol. The summed E-state index contributed by atoms with van der Waals surface area (Å²) in [6.07, 6.45) is 7.73. The third kappa shape index (κ3) is 3.96. The maximum absolute atomic E-state index is 13.1. The van der Waals surface area contributed by atoms with Crippen molar-refractivity contribution in [3.05, 3.63) is 66.0 Å². The van der Waals surface area contributed by atoms with Crippen LogP contribution in [-0.2, 0) is 11.2 Å². The van der Waals surface area contributed by atoms with Crippen molar-refractivity contribution in [1.82, 2.24) is 15.2 Å². The lowest BCUT2D eigenvalue weighted by Crippen LogP contribution is -2.68. The Hall–Kier alpha value is -2.24. The predicted octanol–water partition coefficient (Wildman–Crippen LogP) is 2.37. The van der Waals surface area contributed by atoms with E-state index in [-0.39, 0.29) is 30.5 Å². The van der Waals surface area contributed by atoms with Crippen molar-refractivity contribution >= 4 is 5.91 Å². The first kappa shape index (κ1) is 19.1. The first-order valence-electron chi connectivity index (χ1n) is 10.3. The van der Waals surface area contributed by atoms with E-state index in [1.54, 1.807) is 12.4 Å². The maximum Gasteiger partial charge on any atom is 0.227 e. The molecule has 0 radical (unpaired) electrons. The lowest BCUT2D eigenvalue weighted by molar-refractivity contribution is -0.149. The number of hydrogen-bond acceptors (Lipinski definition) is 4. The Bertz CT molecular complexity index is 764. The first-order valence-corrected chi connectivity index (χ1v) is 10.3. The van der Waals surface area contributed by atoms with Crippen LogP contribution in [0.3, 0.4) is 0 Å². The molecule has 1 amide bonds. The molecule has 2 fully saturated rings. The highest BCUT2D eigenvalue weighted by Crippen LogP contribution is 2.40. The molecule has 0 unspecified atom stereocenters. The molecule has 148 valence electrons. The number of aliphatic hydroxyl groups is 1. The second-order valence-electron chi connectivity index (χ2n) is 8.05. The molecule has 2 heterocycles. The number of likely N-dealkylation sites (tertiary alicyclic amines) is 1. The minimum Gasteiger partial charge on any atom is -0.394 e. The molecule has 28 heavy (non-hydrogen) atoms. The molecule has 1 saturated carbocycles.